The van der Waals surface area contributed by atoms with Crippen molar-refractivity contribution in [1.29, 1.82) is 0 Å². The van der Waals surface area contributed by atoms with Gasteiger partial charge in [-0.2, -0.15) is 0 Å². The summed E-state index contributed by atoms with van der Waals surface area (Å²) in [6.07, 6.45) is 1.92. The Morgan fingerprint density at radius 2 is 1.66 bits per heavy atom. The van der Waals surface area contributed by atoms with Crippen LogP contribution in [0.1, 0.15) is 34.3 Å². The first-order valence-electron chi connectivity index (χ1n) is 9.86. The highest BCUT2D eigenvalue weighted by Gasteiger charge is 2.24. The maximum absolute atomic E-state index is 12.6. The molecule has 2 aromatic rings. The second-order valence-corrected chi connectivity index (χ2v) is 7.36. The highest BCUT2D eigenvalue weighted by molar-refractivity contribution is 5.95. The number of piperidine rings is 1. The van der Waals surface area contributed by atoms with Crippen LogP contribution in [0.4, 0.5) is 0 Å². The number of aryl methyl sites for hydroxylation is 1. The van der Waals surface area contributed by atoms with Crippen molar-refractivity contribution in [2.75, 3.05) is 27.3 Å². The minimum absolute atomic E-state index is 0.0546. The fraction of sp³-hybridized carbons (Fsp3) is 0.391. The van der Waals surface area contributed by atoms with E-state index in [2.05, 4.69) is 5.32 Å². The van der Waals surface area contributed by atoms with Crippen molar-refractivity contribution < 1.29 is 19.1 Å². The summed E-state index contributed by atoms with van der Waals surface area (Å²) in [6, 6.07) is 13.2. The van der Waals surface area contributed by atoms with E-state index in [0.717, 1.165) is 18.4 Å². The van der Waals surface area contributed by atoms with E-state index in [-0.39, 0.29) is 17.9 Å². The van der Waals surface area contributed by atoms with Gasteiger partial charge in [-0.05, 0) is 43.5 Å². The molecule has 3 rings (SSSR count). The summed E-state index contributed by atoms with van der Waals surface area (Å²) in [5, 5.41) is 3.07. The molecule has 0 radical (unpaired) electrons. The smallest absolute Gasteiger partial charge is 0.251 e. The Morgan fingerprint density at radius 1 is 1.00 bits per heavy atom. The van der Waals surface area contributed by atoms with E-state index in [9.17, 15) is 9.59 Å². The van der Waals surface area contributed by atoms with Gasteiger partial charge in [-0.1, -0.05) is 29.8 Å². The highest BCUT2D eigenvalue weighted by Crippen LogP contribution is 2.27. The number of carbonyl (C=O) groups is 2. The number of rotatable bonds is 6. The van der Waals surface area contributed by atoms with Gasteiger partial charge in [0.2, 0.25) is 5.91 Å². The van der Waals surface area contributed by atoms with Crippen LogP contribution >= 0.6 is 0 Å². The molecule has 6 heteroatoms. The Bertz CT molecular complexity index is 856. The minimum atomic E-state index is -0.143. The van der Waals surface area contributed by atoms with Crippen molar-refractivity contribution >= 4 is 11.8 Å². The molecule has 0 aliphatic carbocycles. The van der Waals surface area contributed by atoms with E-state index >= 15 is 0 Å². The Labute approximate surface area is 171 Å². The van der Waals surface area contributed by atoms with E-state index in [1.165, 1.54) is 5.56 Å². The van der Waals surface area contributed by atoms with Gasteiger partial charge >= 0.3 is 0 Å². The molecule has 1 fully saturated rings. The lowest BCUT2D eigenvalue weighted by Gasteiger charge is -2.32. The van der Waals surface area contributed by atoms with Crippen molar-refractivity contribution in [2.24, 2.45) is 0 Å². The van der Waals surface area contributed by atoms with E-state index in [0.29, 0.717) is 36.6 Å². The zero-order valence-corrected chi connectivity index (χ0v) is 17.2. The number of ether oxygens (including phenoxy) is 2. The predicted molar refractivity (Wildman–Crippen MR) is 111 cm³/mol. The zero-order chi connectivity index (χ0) is 20.8. The topological polar surface area (TPSA) is 67.9 Å². The summed E-state index contributed by atoms with van der Waals surface area (Å²) in [7, 11) is 3.11. The van der Waals surface area contributed by atoms with Gasteiger partial charge in [0, 0.05) is 24.7 Å². The third-order valence-corrected chi connectivity index (χ3v) is 5.30. The molecule has 154 valence electrons. The number of methoxy groups -OCH3 is 2. The van der Waals surface area contributed by atoms with Crippen molar-refractivity contribution in [3.05, 3.63) is 59.2 Å². The van der Waals surface area contributed by atoms with Crippen LogP contribution in [0.3, 0.4) is 0 Å². The maximum atomic E-state index is 12.6. The van der Waals surface area contributed by atoms with Crippen molar-refractivity contribution in [1.82, 2.24) is 10.2 Å². The van der Waals surface area contributed by atoms with Crippen LogP contribution in [-0.4, -0.2) is 50.1 Å². The van der Waals surface area contributed by atoms with E-state index < -0.39 is 0 Å². The fourth-order valence-electron chi connectivity index (χ4n) is 3.51. The number of hydrogen-bond acceptors (Lipinski definition) is 4. The van der Waals surface area contributed by atoms with Gasteiger partial charge in [0.1, 0.15) is 0 Å². The number of nitrogens with zero attached hydrogens (tertiary/aromatic N) is 1. The maximum Gasteiger partial charge on any atom is 0.251 e. The van der Waals surface area contributed by atoms with Crippen LogP contribution in [0, 0.1) is 6.92 Å². The molecule has 2 aromatic carbocycles. The lowest BCUT2D eigenvalue weighted by Crippen LogP contribution is -2.47. The van der Waals surface area contributed by atoms with Crippen LogP contribution in [0.25, 0.3) is 0 Å². The van der Waals surface area contributed by atoms with Gasteiger partial charge in [-0.15, -0.1) is 0 Å². The largest absolute Gasteiger partial charge is 0.493 e. The first kappa shape index (κ1) is 20.7. The number of nitrogens with one attached hydrogen (secondary N) is 1. The standard InChI is InChI=1S/C23H28N2O4/c1-16-4-6-17(7-5-16)14-22(26)25-12-10-19(11-13-25)24-23(27)18-8-9-20(28-2)21(15-18)29-3/h4-9,15,19H,10-14H2,1-3H3,(H,24,27). The summed E-state index contributed by atoms with van der Waals surface area (Å²) < 4.78 is 10.5. The summed E-state index contributed by atoms with van der Waals surface area (Å²) in [5.41, 5.74) is 2.75. The molecule has 0 unspecified atom stereocenters. The number of hydrogen-bond donors (Lipinski definition) is 1. The molecule has 0 spiro atoms. The third kappa shape index (κ3) is 5.28. The van der Waals surface area contributed by atoms with Crippen LogP contribution in [0.5, 0.6) is 11.5 Å². The number of benzene rings is 2. The molecule has 0 aromatic heterocycles. The second kappa shape index (κ2) is 9.45. The van der Waals surface area contributed by atoms with Crippen LogP contribution in [-0.2, 0) is 11.2 Å². The van der Waals surface area contributed by atoms with Crippen molar-refractivity contribution in [3.63, 3.8) is 0 Å². The van der Waals surface area contributed by atoms with Gasteiger partial charge in [0.25, 0.3) is 5.91 Å². The lowest BCUT2D eigenvalue weighted by molar-refractivity contribution is -0.131. The summed E-state index contributed by atoms with van der Waals surface area (Å²) in [6.45, 7) is 3.34. The molecule has 1 heterocycles. The first-order valence-corrected chi connectivity index (χ1v) is 9.86. The monoisotopic (exact) mass is 396 g/mol. The summed E-state index contributed by atoms with van der Waals surface area (Å²) in [4.78, 5) is 27.0. The van der Waals surface area contributed by atoms with Crippen molar-refractivity contribution in [2.45, 2.75) is 32.2 Å². The normalized spacial score (nSPS) is 14.4. The Morgan fingerprint density at radius 3 is 2.28 bits per heavy atom. The van der Waals surface area contributed by atoms with E-state index in [4.69, 9.17) is 9.47 Å². The lowest BCUT2D eigenvalue weighted by atomic mass is 10.0. The third-order valence-electron chi connectivity index (χ3n) is 5.30. The molecule has 1 saturated heterocycles. The Kier molecular flexibility index (Phi) is 6.75. The van der Waals surface area contributed by atoms with E-state index in [1.807, 2.05) is 36.1 Å². The SMILES string of the molecule is COc1ccc(C(=O)NC2CCN(C(=O)Cc3ccc(C)cc3)CC2)cc1OC. The molecule has 1 aliphatic rings. The van der Waals surface area contributed by atoms with Crippen molar-refractivity contribution in [3.8, 4) is 11.5 Å². The first-order chi connectivity index (χ1) is 14.0. The fourth-order valence-corrected chi connectivity index (χ4v) is 3.51. The quantitative estimate of drug-likeness (QED) is 0.815. The molecule has 29 heavy (non-hydrogen) atoms. The summed E-state index contributed by atoms with van der Waals surface area (Å²) in [5.74, 6) is 1.11. The number of carbonyl (C=O) groups excluding carboxylic acids is 2. The molecule has 0 atom stereocenters. The molecule has 1 aliphatic heterocycles. The molecule has 0 saturated carbocycles. The second-order valence-electron chi connectivity index (χ2n) is 7.36. The van der Waals surface area contributed by atoms with Crippen LogP contribution in [0.2, 0.25) is 0 Å². The Balaban J connectivity index is 1.51. The molecular formula is C23H28N2O4. The average Bonchev–Trinajstić information content (AvgIpc) is 2.75. The highest BCUT2D eigenvalue weighted by atomic mass is 16.5. The molecule has 2 amide bonds. The van der Waals surface area contributed by atoms with Crippen LogP contribution < -0.4 is 14.8 Å². The zero-order valence-electron chi connectivity index (χ0n) is 17.2. The van der Waals surface area contributed by atoms with Gasteiger partial charge in [-0.25, -0.2) is 0 Å². The summed E-state index contributed by atoms with van der Waals surface area (Å²) >= 11 is 0. The van der Waals surface area contributed by atoms with Gasteiger partial charge in [-0.3, -0.25) is 9.59 Å². The molecule has 1 N–H and O–H groups in total. The van der Waals surface area contributed by atoms with Gasteiger partial charge < -0.3 is 19.7 Å². The molecular weight excluding hydrogens is 368 g/mol. The number of likely N-dealkylation sites (tertiary alicyclic amines) is 1. The Hall–Kier alpha value is -3.02. The van der Waals surface area contributed by atoms with Gasteiger partial charge in [0.05, 0.1) is 20.6 Å². The number of amides is 2. The minimum Gasteiger partial charge on any atom is -0.493 e. The van der Waals surface area contributed by atoms with Gasteiger partial charge in [0.15, 0.2) is 11.5 Å². The average molecular weight is 396 g/mol. The van der Waals surface area contributed by atoms with Crippen LogP contribution in [0.15, 0.2) is 42.5 Å². The predicted octanol–water partition coefficient (Wildman–Crippen LogP) is 2.98. The van der Waals surface area contributed by atoms with E-state index in [1.54, 1.807) is 32.4 Å². The molecule has 0 bridgehead atoms. The molecule has 6 nitrogen and oxygen atoms in total.